The molecule has 5 nitrogen and oxygen atoms in total. The van der Waals surface area contributed by atoms with Crippen LogP contribution in [0.1, 0.15) is 22.8 Å². The number of rotatable bonds is 4. The number of carbonyl (C=O) groups excluding carboxylic acids is 1. The van der Waals surface area contributed by atoms with Crippen LogP contribution in [0, 0.1) is 12.8 Å². The highest BCUT2D eigenvalue weighted by molar-refractivity contribution is 9.10. The third kappa shape index (κ3) is 3.96. The Morgan fingerprint density at radius 1 is 1.58 bits per heavy atom. The second-order valence-corrected chi connectivity index (χ2v) is 5.45. The predicted octanol–water partition coefficient (Wildman–Crippen LogP) is 2.21. The highest BCUT2D eigenvalue weighted by Crippen LogP contribution is 2.20. The molecule has 0 aliphatic carbocycles. The standard InChI is InChI=1S/C13H18BrN3O2/c1-8-4-5-11(14)10(6-8)13(18)17(3)7-9(2)12(15)16-19/h4-6,9,19H,7H2,1-3H3,(H2,15,16). The van der Waals surface area contributed by atoms with Crippen molar-refractivity contribution in [2.75, 3.05) is 13.6 Å². The number of oxime groups is 1. The third-order valence-corrected chi connectivity index (χ3v) is 3.56. The van der Waals surface area contributed by atoms with Gasteiger partial charge in [0, 0.05) is 24.0 Å². The molecule has 1 rings (SSSR count). The van der Waals surface area contributed by atoms with Gasteiger partial charge in [-0.3, -0.25) is 4.79 Å². The van der Waals surface area contributed by atoms with Crippen molar-refractivity contribution in [3.05, 3.63) is 33.8 Å². The van der Waals surface area contributed by atoms with E-state index < -0.39 is 0 Å². The zero-order chi connectivity index (χ0) is 14.6. The van der Waals surface area contributed by atoms with E-state index in [2.05, 4.69) is 21.1 Å². The molecule has 1 atom stereocenters. The van der Waals surface area contributed by atoms with Gasteiger partial charge < -0.3 is 15.8 Å². The van der Waals surface area contributed by atoms with Crippen LogP contribution in [0.4, 0.5) is 0 Å². The van der Waals surface area contributed by atoms with Crippen LogP contribution >= 0.6 is 15.9 Å². The maximum atomic E-state index is 12.3. The first kappa shape index (κ1) is 15.5. The van der Waals surface area contributed by atoms with Crippen LogP contribution in [-0.2, 0) is 0 Å². The minimum atomic E-state index is -0.206. The van der Waals surface area contributed by atoms with Crippen molar-refractivity contribution in [3.63, 3.8) is 0 Å². The lowest BCUT2D eigenvalue weighted by molar-refractivity contribution is 0.0785. The topological polar surface area (TPSA) is 78.9 Å². The largest absolute Gasteiger partial charge is 0.409 e. The summed E-state index contributed by atoms with van der Waals surface area (Å²) in [5, 5.41) is 11.6. The van der Waals surface area contributed by atoms with Crippen LogP contribution in [0.15, 0.2) is 27.8 Å². The van der Waals surface area contributed by atoms with Crippen molar-refractivity contribution in [1.29, 1.82) is 0 Å². The SMILES string of the molecule is Cc1ccc(Br)c(C(=O)N(C)CC(C)/C(N)=N/O)c1. The Labute approximate surface area is 121 Å². The minimum absolute atomic E-state index is 0.104. The lowest BCUT2D eigenvalue weighted by Gasteiger charge is -2.21. The second kappa shape index (κ2) is 6.56. The number of amidine groups is 1. The summed E-state index contributed by atoms with van der Waals surface area (Å²) in [6.07, 6.45) is 0. The summed E-state index contributed by atoms with van der Waals surface area (Å²) in [5.41, 5.74) is 7.13. The van der Waals surface area contributed by atoms with Gasteiger partial charge in [0.15, 0.2) is 0 Å². The Hall–Kier alpha value is -1.56. The molecule has 19 heavy (non-hydrogen) atoms. The lowest BCUT2D eigenvalue weighted by atomic mass is 10.1. The molecule has 0 saturated carbocycles. The fraction of sp³-hybridized carbons (Fsp3) is 0.385. The predicted molar refractivity (Wildman–Crippen MR) is 78.4 cm³/mol. The molecule has 1 aromatic carbocycles. The molecule has 1 unspecified atom stereocenters. The van der Waals surface area contributed by atoms with Gasteiger partial charge in [0.05, 0.1) is 5.56 Å². The monoisotopic (exact) mass is 327 g/mol. The van der Waals surface area contributed by atoms with Gasteiger partial charge in [-0.05, 0) is 35.0 Å². The van der Waals surface area contributed by atoms with Gasteiger partial charge in [-0.1, -0.05) is 23.7 Å². The third-order valence-electron chi connectivity index (χ3n) is 2.87. The van der Waals surface area contributed by atoms with Gasteiger partial charge in [-0.15, -0.1) is 0 Å². The Kier molecular flexibility index (Phi) is 5.35. The zero-order valence-corrected chi connectivity index (χ0v) is 12.8. The smallest absolute Gasteiger partial charge is 0.254 e. The van der Waals surface area contributed by atoms with Gasteiger partial charge in [-0.25, -0.2) is 0 Å². The van der Waals surface area contributed by atoms with Crippen LogP contribution in [0.5, 0.6) is 0 Å². The van der Waals surface area contributed by atoms with E-state index in [0.717, 1.165) is 10.0 Å². The van der Waals surface area contributed by atoms with E-state index >= 15 is 0 Å². The normalized spacial score (nSPS) is 13.2. The van der Waals surface area contributed by atoms with Crippen LogP contribution in [0.2, 0.25) is 0 Å². The molecule has 6 heteroatoms. The Bertz CT molecular complexity index is 503. The van der Waals surface area contributed by atoms with E-state index in [1.54, 1.807) is 18.9 Å². The van der Waals surface area contributed by atoms with E-state index in [1.165, 1.54) is 0 Å². The van der Waals surface area contributed by atoms with Crippen molar-refractivity contribution < 1.29 is 10.0 Å². The Morgan fingerprint density at radius 3 is 2.79 bits per heavy atom. The molecule has 1 amide bonds. The van der Waals surface area contributed by atoms with Gasteiger partial charge in [0.25, 0.3) is 5.91 Å². The number of amides is 1. The molecule has 0 aliphatic heterocycles. The van der Waals surface area contributed by atoms with Crippen molar-refractivity contribution in [2.24, 2.45) is 16.8 Å². The molecule has 0 saturated heterocycles. The maximum absolute atomic E-state index is 12.3. The summed E-state index contributed by atoms with van der Waals surface area (Å²) in [5.74, 6) is -0.196. The summed E-state index contributed by atoms with van der Waals surface area (Å²) in [6, 6.07) is 5.61. The van der Waals surface area contributed by atoms with E-state index in [0.29, 0.717) is 12.1 Å². The van der Waals surface area contributed by atoms with Gasteiger partial charge in [0.1, 0.15) is 5.84 Å². The molecule has 0 radical (unpaired) electrons. The first-order chi connectivity index (χ1) is 8.86. The number of nitrogens with two attached hydrogens (primary N) is 1. The number of aryl methyl sites for hydroxylation is 1. The summed E-state index contributed by atoms with van der Waals surface area (Å²) < 4.78 is 0.756. The number of halogens is 1. The van der Waals surface area contributed by atoms with Crippen LogP contribution in [0.3, 0.4) is 0 Å². The van der Waals surface area contributed by atoms with Gasteiger partial charge in [0.2, 0.25) is 0 Å². The van der Waals surface area contributed by atoms with Crippen LogP contribution in [-0.4, -0.2) is 35.4 Å². The summed E-state index contributed by atoms with van der Waals surface area (Å²) in [7, 11) is 1.69. The summed E-state index contributed by atoms with van der Waals surface area (Å²) in [4.78, 5) is 13.9. The molecule has 0 bridgehead atoms. The maximum Gasteiger partial charge on any atom is 0.254 e. The summed E-state index contributed by atoms with van der Waals surface area (Å²) >= 11 is 3.37. The van der Waals surface area contributed by atoms with E-state index in [4.69, 9.17) is 10.9 Å². The van der Waals surface area contributed by atoms with Gasteiger partial charge >= 0.3 is 0 Å². The molecule has 1 aromatic rings. The molecule has 0 spiro atoms. The molecule has 0 heterocycles. The Morgan fingerprint density at radius 2 is 2.21 bits per heavy atom. The molecular formula is C13H18BrN3O2. The molecule has 104 valence electrons. The second-order valence-electron chi connectivity index (χ2n) is 4.59. The highest BCUT2D eigenvalue weighted by atomic mass is 79.9. The number of hydrogen-bond acceptors (Lipinski definition) is 3. The van der Waals surface area contributed by atoms with Crippen LogP contribution in [0.25, 0.3) is 0 Å². The van der Waals surface area contributed by atoms with E-state index in [1.807, 2.05) is 25.1 Å². The lowest BCUT2D eigenvalue weighted by Crippen LogP contribution is -2.36. The molecule has 0 fully saturated rings. The number of carbonyl (C=O) groups is 1. The van der Waals surface area contributed by atoms with Crippen molar-refractivity contribution >= 4 is 27.7 Å². The Balaban J connectivity index is 2.85. The van der Waals surface area contributed by atoms with Crippen molar-refractivity contribution in [3.8, 4) is 0 Å². The summed E-state index contributed by atoms with van der Waals surface area (Å²) in [6.45, 7) is 4.11. The zero-order valence-electron chi connectivity index (χ0n) is 11.2. The molecule has 0 aliphatic rings. The first-order valence-electron chi connectivity index (χ1n) is 5.85. The quantitative estimate of drug-likeness (QED) is 0.385. The fourth-order valence-electron chi connectivity index (χ4n) is 1.69. The average molecular weight is 328 g/mol. The van der Waals surface area contributed by atoms with Crippen LogP contribution < -0.4 is 5.73 Å². The fourth-order valence-corrected chi connectivity index (χ4v) is 2.11. The highest BCUT2D eigenvalue weighted by Gasteiger charge is 2.18. The molecule has 0 aromatic heterocycles. The number of nitrogens with zero attached hydrogens (tertiary/aromatic N) is 2. The first-order valence-corrected chi connectivity index (χ1v) is 6.65. The molecule has 3 N–H and O–H groups in total. The van der Waals surface area contributed by atoms with Crippen molar-refractivity contribution in [2.45, 2.75) is 13.8 Å². The van der Waals surface area contributed by atoms with Gasteiger partial charge in [-0.2, -0.15) is 0 Å². The number of benzene rings is 1. The van der Waals surface area contributed by atoms with Crippen molar-refractivity contribution in [1.82, 2.24) is 4.90 Å². The average Bonchev–Trinajstić information content (AvgIpc) is 2.39. The molecular weight excluding hydrogens is 310 g/mol. The number of hydrogen-bond donors (Lipinski definition) is 2. The minimum Gasteiger partial charge on any atom is -0.409 e. The van der Waals surface area contributed by atoms with E-state index in [-0.39, 0.29) is 17.7 Å². The van der Waals surface area contributed by atoms with E-state index in [9.17, 15) is 4.79 Å².